The Balaban J connectivity index is 1.43. The van der Waals surface area contributed by atoms with Gasteiger partial charge in [-0.3, -0.25) is 14.2 Å². The van der Waals surface area contributed by atoms with Gasteiger partial charge in [-0.15, -0.1) is 0 Å². The van der Waals surface area contributed by atoms with Crippen molar-refractivity contribution in [3.05, 3.63) is 65.1 Å². The molecule has 2 atom stereocenters. The zero-order chi connectivity index (χ0) is 25.4. The van der Waals surface area contributed by atoms with Crippen LogP contribution in [-0.4, -0.2) is 77.4 Å². The minimum Gasteiger partial charge on any atom is -0.390 e. The maximum atomic E-state index is 14.4. The van der Waals surface area contributed by atoms with Crippen molar-refractivity contribution in [1.29, 1.82) is 0 Å². The molecule has 194 valence electrons. The van der Waals surface area contributed by atoms with Crippen molar-refractivity contribution < 1.29 is 22.7 Å². The molecule has 3 N–H and O–H groups in total. The number of nitrogens with zero attached hydrogens (tertiary/aromatic N) is 2. The molecule has 0 bridgehead atoms. The van der Waals surface area contributed by atoms with Gasteiger partial charge in [-0.1, -0.05) is 12.1 Å². The number of aromatic amines is 1. The number of aliphatic hydroxyl groups is 1. The van der Waals surface area contributed by atoms with E-state index in [9.17, 15) is 22.7 Å². The van der Waals surface area contributed by atoms with Gasteiger partial charge in [0.2, 0.25) is 0 Å². The summed E-state index contributed by atoms with van der Waals surface area (Å²) in [6.45, 7) is 2.28. The highest BCUT2D eigenvalue weighted by molar-refractivity contribution is 5.85. The monoisotopic (exact) mass is 504 g/mol. The number of halogens is 4. The van der Waals surface area contributed by atoms with Gasteiger partial charge in [-0.05, 0) is 61.2 Å². The number of hydrogen-bond donors (Lipinski definition) is 3. The Morgan fingerprint density at radius 2 is 1.89 bits per heavy atom. The van der Waals surface area contributed by atoms with E-state index in [0.717, 1.165) is 47.5 Å². The van der Waals surface area contributed by atoms with E-state index < -0.39 is 25.1 Å². The van der Waals surface area contributed by atoms with Gasteiger partial charge in [-0.2, -0.15) is 0 Å². The van der Waals surface area contributed by atoms with Crippen molar-refractivity contribution in [2.24, 2.45) is 0 Å². The third kappa shape index (κ3) is 4.96. The first-order valence-corrected chi connectivity index (χ1v) is 12.5. The number of rotatable bonds is 9. The second kappa shape index (κ2) is 10.0. The number of benzene rings is 2. The van der Waals surface area contributed by atoms with Crippen LogP contribution in [0.4, 0.5) is 23.2 Å². The van der Waals surface area contributed by atoms with E-state index in [0.29, 0.717) is 24.4 Å². The molecule has 2 aliphatic rings. The first kappa shape index (κ1) is 25.0. The van der Waals surface area contributed by atoms with Gasteiger partial charge in [0.25, 0.3) is 5.92 Å². The van der Waals surface area contributed by atoms with Crippen LogP contribution in [0.5, 0.6) is 0 Å². The molecule has 0 amide bonds. The van der Waals surface area contributed by atoms with Crippen molar-refractivity contribution in [1.82, 2.24) is 14.8 Å². The van der Waals surface area contributed by atoms with Crippen LogP contribution in [0, 0.1) is 5.82 Å². The highest BCUT2D eigenvalue weighted by Crippen LogP contribution is 2.42. The van der Waals surface area contributed by atoms with E-state index in [1.165, 1.54) is 12.1 Å². The molecule has 9 heteroatoms. The van der Waals surface area contributed by atoms with Gasteiger partial charge in [0.1, 0.15) is 12.4 Å². The SMILES string of the molecule is C[C@@H]1Cc2c([nH]c3cc(F)ccc23)[C@@H](c2ccc(NC3CN(CCCF)C3)cc2)N1CC(F)(F)CO. The highest BCUT2D eigenvalue weighted by Gasteiger charge is 2.41. The van der Waals surface area contributed by atoms with Crippen LogP contribution in [0.1, 0.15) is 36.2 Å². The van der Waals surface area contributed by atoms with E-state index in [1.54, 1.807) is 11.0 Å². The summed E-state index contributed by atoms with van der Waals surface area (Å²) in [6, 6.07) is 11.9. The van der Waals surface area contributed by atoms with E-state index in [2.05, 4.69) is 15.2 Å². The van der Waals surface area contributed by atoms with Gasteiger partial charge in [0.05, 0.1) is 25.3 Å². The number of aliphatic hydroxyl groups excluding tert-OH is 1. The van der Waals surface area contributed by atoms with Crippen LogP contribution in [0.3, 0.4) is 0 Å². The molecule has 0 unspecified atom stereocenters. The fourth-order valence-electron chi connectivity index (χ4n) is 5.58. The molecule has 36 heavy (non-hydrogen) atoms. The zero-order valence-corrected chi connectivity index (χ0v) is 20.3. The molecule has 1 fully saturated rings. The molecule has 5 nitrogen and oxygen atoms in total. The first-order chi connectivity index (χ1) is 17.3. The number of nitrogens with one attached hydrogen (secondary N) is 2. The quantitative estimate of drug-likeness (QED) is 0.369. The molecule has 2 aromatic carbocycles. The summed E-state index contributed by atoms with van der Waals surface area (Å²) in [5, 5.41) is 13.6. The number of H-pyrrole nitrogens is 1. The largest absolute Gasteiger partial charge is 0.390 e. The molecule has 5 rings (SSSR count). The van der Waals surface area contributed by atoms with Gasteiger partial charge >= 0.3 is 0 Å². The fourth-order valence-corrected chi connectivity index (χ4v) is 5.58. The summed E-state index contributed by atoms with van der Waals surface area (Å²) in [6.07, 6.45) is 1.09. The second-order valence-corrected chi connectivity index (χ2v) is 10.1. The van der Waals surface area contributed by atoms with Gasteiger partial charge in [0, 0.05) is 48.0 Å². The van der Waals surface area contributed by atoms with Crippen LogP contribution in [0.25, 0.3) is 10.9 Å². The summed E-state index contributed by atoms with van der Waals surface area (Å²) in [7, 11) is 0. The molecular formula is C27H32F4N4O. The Morgan fingerprint density at radius 3 is 2.58 bits per heavy atom. The van der Waals surface area contributed by atoms with E-state index in [-0.39, 0.29) is 18.5 Å². The van der Waals surface area contributed by atoms with Gasteiger partial charge < -0.3 is 15.4 Å². The Morgan fingerprint density at radius 1 is 1.14 bits per heavy atom. The summed E-state index contributed by atoms with van der Waals surface area (Å²) in [5.74, 6) is -3.61. The Bertz CT molecular complexity index is 1190. The molecule has 0 saturated carbocycles. The summed E-state index contributed by atoms with van der Waals surface area (Å²) in [5.41, 5.74) is 4.21. The third-order valence-electron chi connectivity index (χ3n) is 7.38. The van der Waals surface area contributed by atoms with Crippen LogP contribution >= 0.6 is 0 Å². The first-order valence-electron chi connectivity index (χ1n) is 12.5. The number of anilines is 1. The minimum absolute atomic E-state index is 0.216. The van der Waals surface area contributed by atoms with Crippen LogP contribution in [-0.2, 0) is 6.42 Å². The lowest BCUT2D eigenvalue weighted by molar-refractivity contribution is -0.0864. The normalized spacial score (nSPS) is 21.5. The van der Waals surface area contributed by atoms with Crippen LogP contribution in [0.2, 0.25) is 0 Å². The third-order valence-corrected chi connectivity index (χ3v) is 7.38. The molecular weight excluding hydrogens is 472 g/mol. The minimum atomic E-state index is -3.25. The molecule has 0 aliphatic carbocycles. The van der Waals surface area contributed by atoms with Crippen molar-refractivity contribution in [3.8, 4) is 0 Å². The second-order valence-electron chi connectivity index (χ2n) is 10.1. The van der Waals surface area contributed by atoms with E-state index in [1.807, 2.05) is 31.2 Å². The summed E-state index contributed by atoms with van der Waals surface area (Å²) < 4.78 is 55.1. The topological polar surface area (TPSA) is 54.5 Å². The van der Waals surface area contributed by atoms with E-state index in [4.69, 9.17) is 0 Å². The average molecular weight is 505 g/mol. The summed E-state index contributed by atoms with van der Waals surface area (Å²) in [4.78, 5) is 7.24. The number of aromatic nitrogens is 1. The lowest BCUT2D eigenvalue weighted by Crippen LogP contribution is -2.54. The zero-order valence-electron chi connectivity index (χ0n) is 20.3. The van der Waals surface area contributed by atoms with Crippen LogP contribution < -0.4 is 5.32 Å². The van der Waals surface area contributed by atoms with E-state index >= 15 is 0 Å². The lowest BCUT2D eigenvalue weighted by Gasteiger charge is -2.42. The predicted octanol–water partition coefficient (Wildman–Crippen LogP) is 4.73. The smallest absolute Gasteiger partial charge is 0.283 e. The maximum Gasteiger partial charge on any atom is 0.283 e. The Labute approximate surface area is 208 Å². The van der Waals surface area contributed by atoms with Crippen molar-refractivity contribution in [2.75, 3.05) is 44.8 Å². The molecule has 1 aromatic heterocycles. The van der Waals surface area contributed by atoms with Crippen LogP contribution in [0.15, 0.2) is 42.5 Å². The average Bonchev–Trinajstić information content (AvgIpc) is 3.18. The molecule has 0 radical (unpaired) electrons. The van der Waals surface area contributed by atoms with Crippen molar-refractivity contribution in [2.45, 2.75) is 43.8 Å². The standard InChI is InChI=1S/C27H32F4N4O/c1-17-11-23-22-8-5-19(29)12-24(22)33-25(23)26(35(17)15-27(30,31)16-36)18-3-6-20(7-4-18)32-21-13-34(14-21)10-2-9-28/h3-8,12,17,21,26,32-33,36H,2,9-11,13-16H2,1H3/t17-,26-/m1/s1. The number of fused-ring (bicyclic) bond motifs is 3. The molecule has 3 heterocycles. The number of likely N-dealkylation sites (tertiary alicyclic amines) is 1. The lowest BCUT2D eigenvalue weighted by atomic mass is 9.88. The molecule has 2 aliphatic heterocycles. The Hall–Kier alpha value is -2.62. The highest BCUT2D eigenvalue weighted by atomic mass is 19.3. The molecule has 3 aromatic rings. The van der Waals surface area contributed by atoms with Crippen molar-refractivity contribution >= 4 is 16.6 Å². The molecule has 1 saturated heterocycles. The molecule has 0 spiro atoms. The number of alkyl halides is 3. The Kier molecular flexibility index (Phi) is 6.98. The predicted molar refractivity (Wildman–Crippen MR) is 133 cm³/mol. The van der Waals surface area contributed by atoms with Gasteiger partial charge in [0.15, 0.2) is 0 Å². The summed E-state index contributed by atoms with van der Waals surface area (Å²) >= 11 is 0. The van der Waals surface area contributed by atoms with Gasteiger partial charge in [-0.25, -0.2) is 13.2 Å². The maximum absolute atomic E-state index is 14.4. The fraction of sp³-hybridized carbons (Fsp3) is 0.481. The van der Waals surface area contributed by atoms with Crippen molar-refractivity contribution in [3.63, 3.8) is 0 Å². The number of hydrogen-bond acceptors (Lipinski definition) is 4.